The van der Waals surface area contributed by atoms with Crippen LogP contribution < -0.4 is 5.32 Å². The molecule has 0 aromatic heterocycles. The van der Waals surface area contributed by atoms with Crippen LogP contribution in [0.15, 0.2) is 0 Å². The van der Waals surface area contributed by atoms with Gasteiger partial charge in [0, 0.05) is 6.54 Å². The number of esters is 1. The summed E-state index contributed by atoms with van der Waals surface area (Å²) in [4.78, 5) is 21.1. The van der Waals surface area contributed by atoms with Gasteiger partial charge >= 0.3 is 5.97 Å². The van der Waals surface area contributed by atoms with Crippen LogP contribution in [0.2, 0.25) is 0 Å². The molecular formula is C8H12ClNO3. The van der Waals surface area contributed by atoms with Crippen molar-refractivity contribution in [3.05, 3.63) is 0 Å². The zero-order valence-corrected chi connectivity index (χ0v) is 8.19. The Balaban J connectivity index is 2.71. The molecule has 5 heteroatoms. The van der Waals surface area contributed by atoms with Crippen LogP contribution in [-0.4, -0.2) is 29.9 Å². The SMILES string of the molecule is CCOC(=O)[C@@]1(Cl)CCCNC1=O. The number of carbonyl (C=O) groups excluding carboxylic acids is 2. The van der Waals surface area contributed by atoms with Crippen molar-refractivity contribution >= 4 is 23.5 Å². The molecular weight excluding hydrogens is 194 g/mol. The minimum atomic E-state index is -1.49. The van der Waals surface area contributed by atoms with E-state index in [-0.39, 0.29) is 6.61 Å². The lowest BCUT2D eigenvalue weighted by Crippen LogP contribution is -2.53. The molecule has 0 bridgehead atoms. The smallest absolute Gasteiger partial charge is 0.336 e. The molecule has 13 heavy (non-hydrogen) atoms. The summed E-state index contributed by atoms with van der Waals surface area (Å²) >= 11 is 5.87. The van der Waals surface area contributed by atoms with Gasteiger partial charge in [0.1, 0.15) is 0 Å². The number of hydrogen-bond acceptors (Lipinski definition) is 3. The van der Waals surface area contributed by atoms with E-state index in [1.807, 2.05) is 0 Å². The Bertz CT molecular complexity index is 231. The van der Waals surface area contributed by atoms with E-state index in [9.17, 15) is 9.59 Å². The van der Waals surface area contributed by atoms with E-state index in [1.165, 1.54) is 0 Å². The van der Waals surface area contributed by atoms with Crippen molar-refractivity contribution in [3.63, 3.8) is 0 Å². The van der Waals surface area contributed by atoms with Gasteiger partial charge in [0.2, 0.25) is 4.87 Å². The Hall–Kier alpha value is -0.770. The molecule has 1 heterocycles. The first-order chi connectivity index (χ1) is 6.11. The first-order valence-electron chi connectivity index (χ1n) is 4.25. The zero-order chi connectivity index (χ0) is 9.90. The highest BCUT2D eigenvalue weighted by Gasteiger charge is 2.46. The largest absolute Gasteiger partial charge is 0.464 e. The van der Waals surface area contributed by atoms with Crippen molar-refractivity contribution in [2.75, 3.05) is 13.2 Å². The van der Waals surface area contributed by atoms with Gasteiger partial charge in [-0.15, -0.1) is 0 Å². The van der Waals surface area contributed by atoms with Gasteiger partial charge in [0.15, 0.2) is 0 Å². The van der Waals surface area contributed by atoms with Gasteiger partial charge in [-0.25, -0.2) is 4.79 Å². The molecule has 0 aromatic carbocycles. The summed E-state index contributed by atoms with van der Waals surface area (Å²) in [6.07, 6.45) is 1.05. The third kappa shape index (κ3) is 1.94. The molecule has 0 aliphatic carbocycles. The van der Waals surface area contributed by atoms with Crippen LogP contribution in [0.3, 0.4) is 0 Å². The second kappa shape index (κ2) is 3.96. The Morgan fingerprint density at radius 1 is 1.77 bits per heavy atom. The maximum atomic E-state index is 11.3. The Labute approximate surface area is 81.6 Å². The Kier molecular flexibility index (Phi) is 3.14. The first kappa shape index (κ1) is 10.3. The van der Waals surface area contributed by atoms with E-state index in [2.05, 4.69) is 5.32 Å². The number of carbonyl (C=O) groups is 2. The third-order valence-corrected chi connectivity index (χ3v) is 2.46. The second-order valence-electron chi connectivity index (χ2n) is 2.88. The van der Waals surface area contributed by atoms with Gasteiger partial charge in [0.05, 0.1) is 6.61 Å². The average Bonchev–Trinajstić information content (AvgIpc) is 2.11. The molecule has 4 nitrogen and oxygen atoms in total. The van der Waals surface area contributed by atoms with E-state index < -0.39 is 16.8 Å². The van der Waals surface area contributed by atoms with Gasteiger partial charge in [-0.05, 0) is 19.8 Å². The zero-order valence-electron chi connectivity index (χ0n) is 7.43. The molecule has 0 aromatic rings. The van der Waals surface area contributed by atoms with Crippen molar-refractivity contribution in [2.24, 2.45) is 0 Å². The fraction of sp³-hybridized carbons (Fsp3) is 0.750. The van der Waals surface area contributed by atoms with E-state index in [0.29, 0.717) is 19.4 Å². The molecule has 1 saturated heterocycles. The number of amides is 1. The highest BCUT2D eigenvalue weighted by Crippen LogP contribution is 2.26. The third-order valence-electron chi connectivity index (χ3n) is 1.94. The Morgan fingerprint density at radius 3 is 3.00 bits per heavy atom. The average molecular weight is 206 g/mol. The molecule has 1 amide bonds. The van der Waals surface area contributed by atoms with Crippen LogP contribution in [0, 0.1) is 0 Å². The van der Waals surface area contributed by atoms with Crippen LogP contribution in [-0.2, 0) is 14.3 Å². The molecule has 1 rings (SSSR count). The second-order valence-corrected chi connectivity index (χ2v) is 3.53. The highest BCUT2D eigenvalue weighted by molar-refractivity contribution is 6.45. The standard InChI is InChI=1S/C8H12ClNO3/c1-2-13-7(12)8(9)4-3-5-10-6(8)11/h2-5H2,1H3,(H,10,11)/t8-/m1/s1. The van der Waals surface area contributed by atoms with Crippen LogP contribution in [0.1, 0.15) is 19.8 Å². The summed E-state index contributed by atoms with van der Waals surface area (Å²) < 4.78 is 4.72. The predicted molar refractivity (Wildman–Crippen MR) is 47.5 cm³/mol. The van der Waals surface area contributed by atoms with E-state index in [0.717, 1.165) is 0 Å². The normalized spacial score (nSPS) is 28.0. The molecule has 0 saturated carbocycles. The summed E-state index contributed by atoms with van der Waals surface area (Å²) in [7, 11) is 0. The maximum absolute atomic E-state index is 11.3. The van der Waals surface area contributed by atoms with Crippen molar-refractivity contribution in [1.29, 1.82) is 0 Å². The lowest BCUT2D eigenvalue weighted by atomic mass is 9.98. The number of halogens is 1. The monoisotopic (exact) mass is 205 g/mol. The number of hydrogen-bond donors (Lipinski definition) is 1. The number of alkyl halides is 1. The predicted octanol–water partition coefficient (Wildman–Crippen LogP) is 0.437. The summed E-state index contributed by atoms with van der Waals surface area (Å²) in [5.41, 5.74) is 0. The van der Waals surface area contributed by atoms with E-state index in [1.54, 1.807) is 6.92 Å². The Morgan fingerprint density at radius 2 is 2.46 bits per heavy atom. The van der Waals surface area contributed by atoms with Crippen molar-refractivity contribution in [3.8, 4) is 0 Å². The lowest BCUT2D eigenvalue weighted by Gasteiger charge is -2.27. The lowest BCUT2D eigenvalue weighted by molar-refractivity contribution is -0.151. The van der Waals surface area contributed by atoms with Gasteiger partial charge in [-0.1, -0.05) is 11.6 Å². The van der Waals surface area contributed by atoms with E-state index in [4.69, 9.17) is 16.3 Å². The number of nitrogens with one attached hydrogen (secondary N) is 1. The molecule has 1 atom stereocenters. The van der Waals surface area contributed by atoms with Gasteiger partial charge in [-0.3, -0.25) is 4.79 Å². The van der Waals surface area contributed by atoms with Gasteiger partial charge < -0.3 is 10.1 Å². The quantitative estimate of drug-likeness (QED) is 0.404. The molecule has 0 spiro atoms. The summed E-state index contributed by atoms with van der Waals surface area (Å²) in [6.45, 7) is 2.49. The molecule has 1 fully saturated rings. The molecule has 74 valence electrons. The summed E-state index contributed by atoms with van der Waals surface area (Å²) in [5, 5.41) is 2.54. The van der Waals surface area contributed by atoms with Crippen LogP contribution >= 0.6 is 11.6 Å². The number of piperidine rings is 1. The van der Waals surface area contributed by atoms with Crippen molar-refractivity contribution in [2.45, 2.75) is 24.6 Å². The molecule has 0 radical (unpaired) electrons. The number of ether oxygens (including phenoxy) is 1. The fourth-order valence-electron chi connectivity index (χ4n) is 1.23. The maximum Gasteiger partial charge on any atom is 0.336 e. The number of rotatable bonds is 2. The van der Waals surface area contributed by atoms with Crippen molar-refractivity contribution < 1.29 is 14.3 Å². The molecule has 0 unspecified atom stereocenters. The highest BCUT2D eigenvalue weighted by atomic mass is 35.5. The summed E-state index contributed by atoms with van der Waals surface area (Å²) in [5.74, 6) is -1.09. The molecule has 1 aliphatic rings. The minimum Gasteiger partial charge on any atom is -0.464 e. The van der Waals surface area contributed by atoms with Crippen molar-refractivity contribution in [1.82, 2.24) is 5.32 Å². The minimum absolute atomic E-state index is 0.237. The van der Waals surface area contributed by atoms with Crippen LogP contribution in [0.4, 0.5) is 0 Å². The first-order valence-corrected chi connectivity index (χ1v) is 4.63. The summed E-state index contributed by atoms with van der Waals surface area (Å²) in [6, 6.07) is 0. The van der Waals surface area contributed by atoms with E-state index >= 15 is 0 Å². The van der Waals surface area contributed by atoms with Gasteiger partial charge in [0.25, 0.3) is 5.91 Å². The van der Waals surface area contributed by atoms with Crippen LogP contribution in [0.5, 0.6) is 0 Å². The molecule has 1 N–H and O–H groups in total. The van der Waals surface area contributed by atoms with Gasteiger partial charge in [-0.2, -0.15) is 0 Å². The van der Waals surface area contributed by atoms with Crippen LogP contribution in [0.25, 0.3) is 0 Å². The molecule has 1 aliphatic heterocycles. The fourth-order valence-corrected chi connectivity index (χ4v) is 1.48. The topological polar surface area (TPSA) is 55.4 Å².